The second-order valence-corrected chi connectivity index (χ2v) is 8.18. The Morgan fingerprint density at radius 3 is 2.59 bits per heavy atom. The van der Waals surface area contributed by atoms with Gasteiger partial charge in [-0.05, 0) is 35.2 Å². The minimum absolute atomic E-state index is 0.150. The summed E-state index contributed by atoms with van der Waals surface area (Å²) in [5, 5.41) is 2.43. The van der Waals surface area contributed by atoms with Crippen LogP contribution in [0.3, 0.4) is 0 Å². The molecule has 2 amide bonds. The highest BCUT2D eigenvalue weighted by atomic mass is 35.5. The average Bonchev–Trinajstić information content (AvgIpc) is 3.40. The van der Waals surface area contributed by atoms with Crippen molar-refractivity contribution in [2.75, 3.05) is 0 Å². The monoisotopic (exact) mass is 415 g/mol. The number of benzene rings is 1. The Bertz CT molecular complexity index is 1010. The van der Waals surface area contributed by atoms with Crippen LogP contribution < -0.4 is 0 Å². The molecule has 1 aliphatic rings. The summed E-state index contributed by atoms with van der Waals surface area (Å²) in [6.07, 6.45) is 1.59. The molecule has 0 aliphatic carbocycles. The van der Waals surface area contributed by atoms with Gasteiger partial charge in [-0.1, -0.05) is 35.9 Å². The molecule has 0 bridgehead atoms. The molecule has 3 aromatic rings. The van der Waals surface area contributed by atoms with E-state index in [2.05, 4.69) is 0 Å². The quantitative estimate of drug-likeness (QED) is 0.518. The third kappa shape index (κ3) is 3.60. The Balaban J connectivity index is 1.65. The summed E-state index contributed by atoms with van der Waals surface area (Å²) in [6.45, 7) is 0.150. The molecule has 0 saturated carbocycles. The molecule has 1 aliphatic heterocycles. The minimum Gasteiger partial charge on any atom is -0.468 e. The molecule has 0 fully saturated rings. The van der Waals surface area contributed by atoms with Crippen molar-refractivity contribution in [3.8, 4) is 0 Å². The maximum absolute atomic E-state index is 13.1. The van der Waals surface area contributed by atoms with Crippen LogP contribution in [0.4, 0.5) is 0 Å². The number of hydrogen-bond donors (Lipinski definition) is 0. The van der Waals surface area contributed by atoms with Crippen molar-refractivity contribution in [3.63, 3.8) is 0 Å². The molecule has 4 nitrogen and oxygen atoms in total. The summed E-state index contributed by atoms with van der Waals surface area (Å²) >= 11 is 8.99. The number of rotatable bonds is 6. The largest absolute Gasteiger partial charge is 0.468 e. The number of furan rings is 1. The molecule has 0 spiro atoms. The van der Waals surface area contributed by atoms with Gasteiger partial charge in [-0.2, -0.15) is 0 Å². The van der Waals surface area contributed by atoms with E-state index in [1.54, 1.807) is 18.4 Å². The van der Waals surface area contributed by atoms with Gasteiger partial charge >= 0.3 is 0 Å². The maximum Gasteiger partial charge on any atom is 0.268 e. The van der Waals surface area contributed by atoms with Gasteiger partial charge in [-0.25, -0.2) is 0 Å². The first-order valence-corrected chi connectivity index (χ1v) is 10.4. The third-order valence-electron chi connectivity index (χ3n) is 4.12. The van der Waals surface area contributed by atoms with E-state index < -0.39 is 0 Å². The molecule has 0 atom stereocenters. The highest BCUT2D eigenvalue weighted by molar-refractivity contribution is 8.03. The van der Waals surface area contributed by atoms with Crippen LogP contribution >= 0.6 is 34.7 Å². The summed E-state index contributed by atoms with van der Waals surface area (Å²) in [5.41, 5.74) is 1.20. The van der Waals surface area contributed by atoms with Gasteiger partial charge < -0.3 is 4.42 Å². The van der Waals surface area contributed by atoms with Crippen molar-refractivity contribution in [1.29, 1.82) is 0 Å². The summed E-state index contributed by atoms with van der Waals surface area (Å²) < 4.78 is 5.35. The van der Waals surface area contributed by atoms with Crippen molar-refractivity contribution in [2.24, 2.45) is 0 Å². The Morgan fingerprint density at radius 1 is 1.04 bits per heavy atom. The Hall–Kier alpha value is -2.28. The second kappa shape index (κ2) is 7.76. The fourth-order valence-corrected chi connectivity index (χ4v) is 4.86. The van der Waals surface area contributed by atoms with Crippen LogP contribution in [-0.2, 0) is 21.9 Å². The van der Waals surface area contributed by atoms with Crippen LogP contribution in [0.1, 0.15) is 16.2 Å². The van der Waals surface area contributed by atoms with Crippen LogP contribution in [0.15, 0.2) is 69.5 Å². The van der Waals surface area contributed by atoms with Gasteiger partial charge in [0.2, 0.25) is 0 Å². The van der Waals surface area contributed by atoms with E-state index in [0.29, 0.717) is 21.3 Å². The highest BCUT2D eigenvalue weighted by Gasteiger charge is 2.39. The van der Waals surface area contributed by atoms with E-state index in [-0.39, 0.29) is 18.4 Å². The molecule has 0 radical (unpaired) electrons. The molecule has 7 heteroatoms. The van der Waals surface area contributed by atoms with Crippen LogP contribution in [0.5, 0.6) is 0 Å². The van der Waals surface area contributed by atoms with Gasteiger partial charge in [0.15, 0.2) is 0 Å². The number of carbonyl (C=O) groups is 2. The zero-order chi connectivity index (χ0) is 18.8. The van der Waals surface area contributed by atoms with E-state index in [4.69, 9.17) is 16.0 Å². The molecule has 1 aromatic carbocycles. The van der Waals surface area contributed by atoms with E-state index >= 15 is 0 Å². The lowest BCUT2D eigenvalue weighted by Crippen LogP contribution is -2.31. The molecule has 2 aromatic heterocycles. The topological polar surface area (TPSA) is 50.5 Å². The van der Waals surface area contributed by atoms with E-state index in [1.807, 2.05) is 41.8 Å². The van der Waals surface area contributed by atoms with Gasteiger partial charge in [0.05, 0.1) is 29.0 Å². The maximum atomic E-state index is 13.1. The normalized spacial score (nSPS) is 14.5. The first-order chi connectivity index (χ1) is 13.1. The van der Waals surface area contributed by atoms with Crippen molar-refractivity contribution < 1.29 is 14.0 Å². The summed E-state index contributed by atoms with van der Waals surface area (Å²) in [5.74, 6) is 0.655. The molecular weight excluding hydrogens is 402 g/mol. The molecule has 3 heterocycles. The van der Waals surface area contributed by atoms with Crippen molar-refractivity contribution in [3.05, 3.63) is 86.3 Å². The molecule has 0 unspecified atom stereocenters. The fraction of sp³-hybridized carbons (Fsp3) is 0.100. The fourth-order valence-electron chi connectivity index (χ4n) is 2.80. The summed E-state index contributed by atoms with van der Waals surface area (Å²) in [7, 11) is 0. The van der Waals surface area contributed by atoms with Gasteiger partial charge in [-0.15, -0.1) is 23.1 Å². The number of thioether (sulfide) groups is 1. The lowest BCUT2D eigenvalue weighted by Gasteiger charge is -2.16. The van der Waals surface area contributed by atoms with Crippen molar-refractivity contribution in [2.45, 2.75) is 12.3 Å². The summed E-state index contributed by atoms with van der Waals surface area (Å²) in [4.78, 5) is 28.6. The Labute approximate surface area is 169 Å². The second-order valence-electron chi connectivity index (χ2n) is 5.84. The first kappa shape index (κ1) is 18.1. The number of nitrogens with zero attached hydrogens (tertiary/aromatic N) is 1. The van der Waals surface area contributed by atoms with E-state index in [1.165, 1.54) is 28.0 Å². The van der Waals surface area contributed by atoms with Crippen molar-refractivity contribution >= 4 is 52.1 Å². The first-order valence-electron chi connectivity index (χ1n) is 8.18. The lowest BCUT2D eigenvalue weighted by molar-refractivity contribution is -0.137. The smallest absolute Gasteiger partial charge is 0.268 e. The molecule has 4 rings (SSSR count). The predicted molar refractivity (Wildman–Crippen MR) is 108 cm³/mol. The third-order valence-corrected chi connectivity index (χ3v) is 6.47. The van der Waals surface area contributed by atoms with Gasteiger partial charge in [-0.3, -0.25) is 14.5 Å². The molecule has 136 valence electrons. The SMILES string of the molecule is O=C1C(SCc2ccco2)=C(c2cccs2)C(=O)N1Cc1ccccc1Cl. The minimum atomic E-state index is -0.292. The average molecular weight is 416 g/mol. The van der Waals surface area contributed by atoms with Gasteiger partial charge in [0.1, 0.15) is 5.76 Å². The molecule has 0 N–H and O–H groups in total. The summed E-state index contributed by atoms with van der Waals surface area (Å²) in [6, 6.07) is 14.6. The van der Waals surface area contributed by atoms with Crippen LogP contribution in [-0.4, -0.2) is 16.7 Å². The Kier molecular flexibility index (Phi) is 5.20. The van der Waals surface area contributed by atoms with Crippen LogP contribution in [0.25, 0.3) is 5.57 Å². The van der Waals surface area contributed by atoms with Crippen molar-refractivity contribution in [1.82, 2.24) is 4.90 Å². The van der Waals surface area contributed by atoms with Crippen LogP contribution in [0, 0.1) is 0 Å². The molecular formula is C20H14ClNO3S2. The molecule has 0 saturated heterocycles. The number of halogens is 1. The number of hydrogen-bond acceptors (Lipinski definition) is 5. The van der Waals surface area contributed by atoms with Gasteiger partial charge in [0.25, 0.3) is 11.8 Å². The number of thiophene rings is 1. The zero-order valence-corrected chi connectivity index (χ0v) is 16.4. The number of imide groups is 1. The highest BCUT2D eigenvalue weighted by Crippen LogP contribution is 2.39. The van der Waals surface area contributed by atoms with Gasteiger partial charge in [0, 0.05) is 9.90 Å². The number of carbonyl (C=O) groups excluding carboxylic acids is 2. The van der Waals surface area contributed by atoms with E-state index in [0.717, 1.165) is 16.2 Å². The van der Waals surface area contributed by atoms with E-state index in [9.17, 15) is 9.59 Å². The number of amides is 2. The molecule has 27 heavy (non-hydrogen) atoms. The van der Waals surface area contributed by atoms with Crippen LogP contribution in [0.2, 0.25) is 5.02 Å². The predicted octanol–water partition coefficient (Wildman–Crippen LogP) is 5.21. The standard InChI is InChI=1S/C20H14ClNO3S2/c21-15-7-2-1-5-13(15)11-22-19(23)17(16-8-4-10-26-16)18(20(22)24)27-12-14-6-3-9-25-14/h1-10H,11-12H2. The lowest BCUT2D eigenvalue weighted by atomic mass is 10.2. The Morgan fingerprint density at radius 2 is 1.89 bits per heavy atom. The zero-order valence-electron chi connectivity index (χ0n) is 14.1.